The van der Waals surface area contributed by atoms with Crippen LogP contribution in [0.3, 0.4) is 0 Å². The molecule has 0 amide bonds. The van der Waals surface area contributed by atoms with Crippen LogP contribution in [0.5, 0.6) is 0 Å². The monoisotopic (exact) mass is 449 g/mol. The molecule has 9 heteroatoms. The van der Waals surface area contributed by atoms with Crippen molar-refractivity contribution in [2.75, 3.05) is 10.8 Å². The van der Waals surface area contributed by atoms with E-state index in [9.17, 15) is 8.42 Å². The van der Waals surface area contributed by atoms with Crippen LogP contribution in [0.4, 0.5) is 5.69 Å². The Morgan fingerprint density at radius 1 is 1.33 bits per heavy atom. The molecule has 0 saturated heterocycles. The first-order valence-electron chi connectivity index (χ1n) is 6.72. The Morgan fingerprint density at radius 3 is 2.29 bits per heavy atom. The van der Waals surface area contributed by atoms with E-state index in [0.29, 0.717) is 21.5 Å². The molecule has 1 heterocycles. The normalized spacial score (nSPS) is 11.4. The van der Waals surface area contributed by atoms with Crippen LogP contribution in [0.15, 0.2) is 21.5 Å². The molecule has 0 fully saturated rings. The third-order valence-corrected chi connectivity index (χ3v) is 6.59. The van der Waals surface area contributed by atoms with Gasteiger partial charge < -0.3 is 0 Å². The fourth-order valence-corrected chi connectivity index (χ4v) is 5.75. The van der Waals surface area contributed by atoms with Gasteiger partial charge in [0, 0.05) is 11.5 Å². The minimum Gasteiger partial charge on any atom is -0.270 e. The van der Waals surface area contributed by atoms with Gasteiger partial charge in [-0.2, -0.15) is 5.10 Å². The topological polar surface area (TPSA) is 55.2 Å². The molecule has 0 spiro atoms. The lowest BCUT2D eigenvalue weighted by atomic mass is 10.3. The van der Waals surface area contributed by atoms with Crippen molar-refractivity contribution in [2.24, 2.45) is 7.05 Å². The molecule has 24 heavy (non-hydrogen) atoms. The molecule has 5 nitrogen and oxygen atoms in total. The SMILES string of the molecule is C#CCN(c1c(C)nn(C)c1C)S(=O)(=O)c1c(Cl)cc(Br)cc1Cl. The van der Waals surface area contributed by atoms with Crippen LogP contribution in [0.1, 0.15) is 11.4 Å². The quantitative estimate of drug-likeness (QED) is 0.663. The van der Waals surface area contributed by atoms with E-state index in [4.69, 9.17) is 29.6 Å². The second-order valence-electron chi connectivity index (χ2n) is 5.06. The average molecular weight is 451 g/mol. The molecule has 2 rings (SSSR count). The number of halogens is 3. The van der Waals surface area contributed by atoms with E-state index in [-0.39, 0.29) is 21.5 Å². The van der Waals surface area contributed by atoms with Crippen molar-refractivity contribution in [2.45, 2.75) is 18.7 Å². The van der Waals surface area contributed by atoms with E-state index in [0.717, 1.165) is 4.31 Å². The number of benzene rings is 1. The number of nitrogens with zero attached hydrogens (tertiary/aromatic N) is 3. The zero-order chi connectivity index (χ0) is 18.2. The standard InChI is InChI=1S/C15H14BrCl2N3O2S/c1-5-6-21(14-9(2)19-20(4)10(14)3)24(22,23)15-12(17)7-11(16)8-13(15)18/h1,7-8H,6H2,2-4H3. The van der Waals surface area contributed by atoms with Crippen LogP contribution in [-0.2, 0) is 17.1 Å². The molecule has 0 radical (unpaired) electrons. The number of aryl methyl sites for hydroxylation is 2. The fraction of sp³-hybridized carbons (Fsp3) is 0.267. The first-order chi connectivity index (χ1) is 11.1. The maximum atomic E-state index is 13.2. The Morgan fingerprint density at radius 2 is 1.88 bits per heavy atom. The Bertz CT molecular complexity index is 925. The molecule has 0 atom stereocenters. The fourth-order valence-electron chi connectivity index (χ4n) is 2.38. The van der Waals surface area contributed by atoms with Gasteiger partial charge in [-0.1, -0.05) is 45.1 Å². The van der Waals surface area contributed by atoms with Crippen molar-refractivity contribution in [3.05, 3.63) is 38.0 Å². The number of hydrogen-bond donors (Lipinski definition) is 0. The van der Waals surface area contributed by atoms with E-state index < -0.39 is 10.0 Å². The summed E-state index contributed by atoms with van der Waals surface area (Å²) < 4.78 is 29.7. The first-order valence-corrected chi connectivity index (χ1v) is 9.71. The van der Waals surface area contributed by atoms with Gasteiger partial charge in [0.2, 0.25) is 0 Å². The average Bonchev–Trinajstić information content (AvgIpc) is 2.68. The summed E-state index contributed by atoms with van der Waals surface area (Å²) in [4.78, 5) is -0.188. The van der Waals surface area contributed by atoms with E-state index >= 15 is 0 Å². The molecule has 1 aromatic heterocycles. The van der Waals surface area contributed by atoms with Crippen molar-refractivity contribution < 1.29 is 8.42 Å². The van der Waals surface area contributed by atoms with Crippen molar-refractivity contribution in [3.8, 4) is 12.3 Å². The van der Waals surface area contributed by atoms with Gasteiger partial charge in [0.15, 0.2) is 0 Å². The van der Waals surface area contributed by atoms with Crippen LogP contribution < -0.4 is 4.31 Å². The minimum absolute atomic E-state index is 0.00981. The number of hydrogen-bond acceptors (Lipinski definition) is 3. The summed E-state index contributed by atoms with van der Waals surface area (Å²) in [7, 11) is -2.34. The summed E-state index contributed by atoms with van der Waals surface area (Å²) in [6.07, 6.45) is 5.39. The Balaban J connectivity index is 2.75. The molecule has 0 aliphatic carbocycles. The van der Waals surface area contributed by atoms with Crippen LogP contribution in [0.2, 0.25) is 10.0 Å². The highest BCUT2D eigenvalue weighted by molar-refractivity contribution is 9.10. The Labute approximate surface area is 159 Å². The largest absolute Gasteiger partial charge is 0.270 e. The second-order valence-corrected chi connectivity index (χ2v) is 8.59. The molecule has 0 unspecified atom stereocenters. The highest BCUT2D eigenvalue weighted by Gasteiger charge is 2.32. The van der Waals surface area contributed by atoms with Gasteiger partial charge in [-0.15, -0.1) is 6.42 Å². The molecule has 0 aliphatic heterocycles. The van der Waals surface area contributed by atoms with Gasteiger partial charge in [0.25, 0.3) is 10.0 Å². The number of aromatic nitrogens is 2. The van der Waals surface area contributed by atoms with E-state index in [1.165, 1.54) is 12.1 Å². The van der Waals surface area contributed by atoms with Gasteiger partial charge in [-0.25, -0.2) is 8.42 Å². The van der Waals surface area contributed by atoms with Gasteiger partial charge >= 0.3 is 0 Å². The Kier molecular flexibility index (Phi) is 5.55. The van der Waals surface area contributed by atoms with Crippen molar-refractivity contribution >= 4 is 54.8 Å². The summed E-state index contributed by atoms with van der Waals surface area (Å²) in [6.45, 7) is 3.31. The zero-order valence-electron chi connectivity index (χ0n) is 13.1. The minimum atomic E-state index is -4.07. The summed E-state index contributed by atoms with van der Waals surface area (Å²) in [5, 5.41) is 4.27. The van der Waals surface area contributed by atoms with E-state index in [1.807, 2.05) is 0 Å². The molecule has 0 N–H and O–H groups in total. The predicted octanol–water partition coefficient (Wildman–Crippen LogP) is 3.93. The van der Waals surface area contributed by atoms with E-state index in [2.05, 4.69) is 26.9 Å². The molecule has 0 bridgehead atoms. The van der Waals surface area contributed by atoms with Gasteiger partial charge in [0.1, 0.15) is 4.90 Å². The van der Waals surface area contributed by atoms with Crippen molar-refractivity contribution in [1.82, 2.24) is 9.78 Å². The molecule has 0 saturated carbocycles. The third kappa shape index (κ3) is 3.29. The molecule has 1 aromatic carbocycles. The van der Waals surface area contributed by atoms with Gasteiger partial charge in [0.05, 0.1) is 33.7 Å². The first kappa shape index (κ1) is 19.1. The maximum Gasteiger partial charge on any atom is 0.268 e. The van der Waals surface area contributed by atoms with E-state index in [1.54, 1.807) is 25.6 Å². The lowest BCUT2D eigenvalue weighted by molar-refractivity contribution is 0.593. The van der Waals surface area contributed by atoms with Crippen LogP contribution >= 0.6 is 39.1 Å². The lowest BCUT2D eigenvalue weighted by Gasteiger charge is -2.24. The number of anilines is 1. The van der Waals surface area contributed by atoms with Crippen molar-refractivity contribution in [3.63, 3.8) is 0 Å². The van der Waals surface area contributed by atoms with Gasteiger partial charge in [-0.3, -0.25) is 8.99 Å². The summed E-state index contributed by atoms with van der Waals surface area (Å²) >= 11 is 15.5. The number of terminal acetylenes is 1. The number of rotatable bonds is 4. The third-order valence-electron chi connectivity index (χ3n) is 3.47. The predicted molar refractivity (Wildman–Crippen MR) is 100 cm³/mol. The highest BCUT2D eigenvalue weighted by atomic mass is 79.9. The molecular formula is C15H14BrCl2N3O2S. The van der Waals surface area contributed by atoms with Crippen LogP contribution in [-0.4, -0.2) is 24.7 Å². The molecule has 128 valence electrons. The maximum absolute atomic E-state index is 13.2. The molecule has 2 aromatic rings. The Hall–Kier alpha value is -1.20. The summed E-state index contributed by atoms with van der Waals surface area (Å²) in [5.41, 5.74) is 1.62. The number of sulfonamides is 1. The summed E-state index contributed by atoms with van der Waals surface area (Å²) in [5.74, 6) is 2.37. The summed E-state index contributed by atoms with van der Waals surface area (Å²) in [6, 6.07) is 2.94. The van der Waals surface area contributed by atoms with Crippen LogP contribution in [0, 0.1) is 26.2 Å². The van der Waals surface area contributed by atoms with Crippen LogP contribution in [0.25, 0.3) is 0 Å². The van der Waals surface area contributed by atoms with Crippen molar-refractivity contribution in [1.29, 1.82) is 0 Å². The zero-order valence-corrected chi connectivity index (χ0v) is 17.1. The smallest absolute Gasteiger partial charge is 0.268 e. The molecule has 0 aliphatic rings. The van der Waals surface area contributed by atoms with Gasteiger partial charge in [-0.05, 0) is 26.0 Å². The lowest BCUT2D eigenvalue weighted by Crippen LogP contribution is -2.32. The highest BCUT2D eigenvalue weighted by Crippen LogP contribution is 2.37. The second kappa shape index (κ2) is 6.96. The molecular weight excluding hydrogens is 437 g/mol.